The van der Waals surface area contributed by atoms with Crippen molar-refractivity contribution in [2.24, 2.45) is 5.92 Å². The van der Waals surface area contributed by atoms with E-state index < -0.39 is 0 Å². The molecule has 1 aromatic carbocycles. The van der Waals surface area contributed by atoms with Crippen LogP contribution in [-0.4, -0.2) is 22.3 Å². The lowest BCUT2D eigenvalue weighted by molar-refractivity contribution is 0.413. The first-order chi connectivity index (χ1) is 9.36. The summed E-state index contributed by atoms with van der Waals surface area (Å²) < 4.78 is 5.20. The Morgan fingerprint density at radius 1 is 1.37 bits per heavy atom. The zero-order valence-corrected chi connectivity index (χ0v) is 11.0. The molecule has 0 amide bonds. The van der Waals surface area contributed by atoms with Crippen molar-refractivity contribution < 1.29 is 4.74 Å². The van der Waals surface area contributed by atoms with Gasteiger partial charge >= 0.3 is 0 Å². The minimum absolute atomic E-state index is 0.385. The molecular weight excluding hydrogens is 240 g/mol. The van der Waals surface area contributed by atoms with Crippen LogP contribution in [0.2, 0.25) is 0 Å². The number of hydrogen-bond donors (Lipinski definition) is 2. The lowest BCUT2D eigenvalue weighted by Crippen LogP contribution is -2.23. The molecule has 19 heavy (non-hydrogen) atoms. The Morgan fingerprint density at radius 3 is 2.74 bits per heavy atom. The molecule has 0 radical (unpaired) electrons. The third-order valence-corrected chi connectivity index (χ3v) is 3.52. The number of methoxy groups -OCH3 is 1. The summed E-state index contributed by atoms with van der Waals surface area (Å²) in [6, 6.07) is 8.68. The topological polar surface area (TPSA) is 62.8 Å². The van der Waals surface area contributed by atoms with Crippen LogP contribution < -0.4 is 10.1 Å². The third kappa shape index (κ3) is 2.93. The summed E-state index contributed by atoms with van der Waals surface area (Å²) in [5.41, 5.74) is 1.31. The fourth-order valence-electron chi connectivity index (χ4n) is 2.32. The van der Waals surface area contributed by atoms with Crippen LogP contribution in [0.25, 0.3) is 0 Å². The van der Waals surface area contributed by atoms with Crippen LogP contribution in [0.5, 0.6) is 5.75 Å². The average molecular weight is 258 g/mol. The van der Waals surface area contributed by atoms with E-state index in [4.69, 9.17) is 4.74 Å². The molecule has 1 saturated carbocycles. The van der Waals surface area contributed by atoms with Gasteiger partial charge in [-0.25, -0.2) is 4.98 Å². The van der Waals surface area contributed by atoms with E-state index in [1.807, 2.05) is 12.1 Å². The molecule has 1 aromatic heterocycles. The van der Waals surface area contributed by atoms with Crippen LogP contribution in [0.3, 0.4) is 0 Å². The molecule has 0 spiro atoms. The van der Waals surface area contributed by atoms with Crippen LogP contribution >= 0.6 is 0 Å². The summed E-state index contributed by atoms with van der Waals surface area (Å²) in [5.74, 6) is 2.50. The zero-order valence-electron chi connectivity index (χ0n) is 11.0. The van der Waals surface area contributed by atoms with E-state index in [2.05, 4.69) is 32.6 Å². The number of hydrogen-bond acceptors (Lipinski definition) is 4. The van der Waals surface area contributed by atoms with E-state index in [1.165, 1.54) is 24.7 Å². The smallest absolute Gasteiger partial charge is 0.138 e. The van der Waals surface area contributed by atoms with Crippen molar-refractivity contribution in [3.8, 4) is 5.75 Å². The molecule has 1 unspecified atom stereocenters. The highest BCUT2D eigenvalue weighted by atomic mass is 16.5. The summed E-state index contributed by atoms with van der Waals surface area (Å²) in [6.45, 7) is 0.715. The van der Waals surface area contributed by atoms with Gasteiger partial charge in [0.1, 0.15) is 17.9 Å². The van der Waals surface area contributed by atoms with Gasteiger partial charge in [-0.15, -0.1) is 0 Å². The first-order valence-electron chi connectivity index (χ1n) is 6.58. The van der Waals surface area contributed by atoms with Crippen LogP contribution in [0, 0.1) is 5.92 Å². The fraction of sp³-hybridized carbons (Fsp3) is 0.429. The molecular formula is C14H18N4O. The van der Waals surface area contributed by atoms with Crippen LogP contribution in [0.1, 0.15) is 30.3 Å². The second-order valence-corrected chi connectivity index (χ2v) is 4.90. The van der Waals surface area contributed by atoms with Gasteiger partial charge in [0.2, 0.25) is 0 Å². The first kappa shape index (κ1) is 12.2. The minimum Gasteiger partial charge on any atom is -0.497 e. The average Bonchev–Trinajstić information content (AvgIpc) is 3.15. The maximum Gasteiger partial charge on any atom is 0.138 e. The number of aromatic amines is 1. The van der Waals surface area contributed by atoms with Crippen molar-refractivity contribution in [1.29, 1.82) is 0 Å². The second kappa shape index (κ2) is 5.40. The number of nitrogens with zero attached hydrogens (tertiary/aromatic N) is 2. The molecule has 1 fully saturated rings. The standard InChI is InChI=1S/C14H18N4O/c1-19-12-6-4-11(5-7-12)14(10-2-3-10)15-8-13-16-9-17-18-13/h4-7,9-10,14-15H,2-3,8H2,1H3,(H,16,17,18). The van der Waals surface area contributed by atoms with Crippen LogP contribution in [0.15, 0.2) is 30.6 Å². The van der Waals surface area contributed by atoms with E-state index in [0.717, 1.165) is 17.5 Å². The van der Waals surface area contributed by atoms with Crippen molar-refractivity contribution >= 4 is 0 Å². The molecule has 1 atom stereocenters. The Bertz CT molecular complexity index is 505. The summed E-state index contributed by atoms with van der Waals surface area (Å²) >= 11 is 0. The van der Waals surface area contributed by atoms with E-state index in [0.29, 0.717) is 12.6 Å². The summed E-state index contributed by atoms with van der Waals surface area (Å²) in [7, 11) is 1.69. The highest BCUT2D eigenvalue weighted by Gasteiger charge is 2.32. The zero-order chi connectivity index (χ0) is 13.1. The summed E-state index contributed by atoms with van der Waals surface area (Å²) in [4.78, 5) is 4.14. The fourth-order valence-corrected chi connectivity index (χ4v) is 2.32. The SMILES string of the molecule is COc1ccc(C(NCc2ncn[nH]2)C2CC2)cc1. The minimum atomic E-state index is 0.385. The maximum absolute atomic E-state index is 5.20. The van der Waals surface area contributed by atoms with Gasteiger partial charge in [0.15, 0.2) is 0 Å². The number of ether oxygens (including phenoxy) is 1. The number of H-pyrrole nitrogens is 1. The lowest BCUT2D eigenvalue weighted by atomic mass is 10.0. The second-order valence-electron chi connectivity index (χ2n) is 4.90. The molecule has 0 saturated heterocycles. The first-order valence-corrected chi connectivity index (χ1v) is 6.58. The molecule has 5 heteroatoms. The van der Waals surface area contributed by atoms with Crippen LogP contribution in [0.4, 0.5) is 0 Å². The normalized spacial score (nSPS) is 16.3. The Balaban J connectivity index is 1.69. The predicted octanol–water partition coefficient (Wildman–Crippen LogP) is 2.05. The molecule has 1 heterocycles. The van der Waals surface area contributed by atoms with Gasteiger partial charge < -0.3 is 10.1 Å². The van der Waals surface area contributed by atoms with E-state index in [9.17, 15) is 0 Å². The number of aromatic nitrogens is 3. The van der Waals surface area contributed by atoms with E-state index in [1.54, 1.807) is 7.11 Å². The van der Waals surface area contributed by atoms with Crippen molar-refractivity contribution in [1.82, 2.24) is 20.5 Å². The molecule has 0 bridgehead atoms. The lowest BCUT2D eigenvalue weighted by Gasteiger charge is -2.18. The Kier molecular flexibility index (Phi) is 3.46. The molecule has 1 aliphatic rings. The van der Waals surface area contributed by atoms with Gasteiger partial charge in [0, 0.05) is 6.04 Å². The van der Waals surface area contributed by atoms with Gasteiger partial charge in [-0.1, -0.05) is 12.1 Å². The quantitative estimate of drug-likeness (QED) is 0.832. The predicted molar refractivity (Wildman–Crippen MR) is 71.7 cm³/mol. The number of rotatable bonds is 6. The van der Waals surface area contributed by atoms with Gasteiger partial charge in [-0.2, -0.15) is 5.10 Å². The molecule has 2 aromatic rings. The molecule has 2 N–H and O–H groups in total. The number of benzene rings is 1. The molecule has 100 valence electrons. The maximum atomic E-state index is 5.20. The summed E-state index contributed by atoms with van der Waals surface area (Å²) in [6.07, 6.45) is 4.12. The van der Waals surface area contributed by atoms with E-state index in [-0.39, 0.29) is 0 Å². The van der Waals surface area contributed by atoms with Crippen molar-refractivity contribution in [2.75, 3.05) is 7.11 Å². The Hall–Kier alpha value is -1.88. The number of nitrogens with one attached hydrogen (secondary N) is 2. The largest absolute Gasteiger partial charge is 0.497 e. The van der Waals surface area contributed by atoms with Gasteiger partial charge in [-0.05, 0) is 36.5 Å². The van der Waals surface area contributed by atoms with Crippen molar-refractivity contribution in [3.63, 3.8) is 0 Å². The third-order valence-electron chi connectivity index (χ3n) is 3.52. The molecule has 1 aliphatic carbocycles. The Morgan fingerprint density at radius 2 is 2.16 bits per heavy atom. The van der Waals surface area contributed by atoms with Crippen molar-refractivity contribution in [2.45, 2.75) is 25.4 Å². The van der Waals surface area contributed by atoms with Gasteiger partial charge in [0.05, 0.1) is 13.7 Å². The monoisotopic (exact) mass is 258 g/mol. The van der Waals surface area contributed by atoms with Crippen molar-refractivity contribution in [3.05, 3.63) is 42.0 Å². The van der Waals surface area contributed by atoms with E-state index >= 15 is 0 Å². The van der Waals surface area contributed by atoms with Crippen LogP contribution in [-0.2, 0) is 6.54 Å². The molecule has 0 aliphatic heterocycles. The molecule has 3 rings (SSSR count). The highest BCUT2D eigenvalue weighted by molar-refractivity contribution is 5.30. The highest BCUT2D eigenvalue weighted by Crippen LogP contribution is 2.41. The van der Waals surface area contributed by atoms with Gasteiger partial charge in [-0.3, -0.25) is 5.10 Å². The Labute approximate surface area is 112 Å². The summed E-state index contributed by atoms with van der Waals surface area (Å²) in [5, 5.41) is 10.3. The molecule has 5 nitrogen and oxygen atoms in total. The van der Waals surface area contributed by atoms with Gasteiger partial charge in [0.25, 0.3) is 0 Å².